The molecule has 0 saturated heterocycles. The maximum atomic E-state index is 11.6. The van der Waals surface area contributed by atoms with Gasteiger partial charge >= 0.3 is 6.09 Å². The van der Waals surface area contributed by atoms with Crippen molar-refractivity contribution < 1.29 is 19.0 Å². The number of hydrogen-bond donors (Lipinski definition) is 1. The summed E-state index contributed by atoms with van der Waals surface area (Å²) in [5.41, 5.74) is 0.494. The van der Waals surface area contributed by atoms with E-state index in [0.29, 0.717) is 13.2 Å². The lowest BCUT2D eigenvalue weighted by Crippen LogP contribution is -2.39. The molecule has 0 fully saturated rings. The monoisotopic (exact) mass is 373 g/mol. The number of carbonyl (C=O) groups excluding carboxylic acids is 1. The van der Waals surface area contributed by atoms with Crippen molar-refractivity contribution in [2.75, 3.05) is 13.7 Å². The van der Waals surface area contributed by atoms with Crippen LogP contribution >= 0.6 is 15.9 Å². The zero-order chi connectivity index (χ0) is 16.8. The van der Waals surface area contributed by atoms with Crippen LogP contribution in [0.1, 0.15) is 33.3 Å². The van der Waals surface area contributed by atoms with E-state index in [2.05, 4.69) is 21.2 Å². The molecule has 1 aromatic rings. The predicted octanol–water partition coefficient (Wildman–Crippen LogP) is 3.89. The molecule has 22 heavy (non-hydrogen) atoms. The number of halogens is 1. The van der Waals surface area contributed by atoms with Crippen LogP contribution in [-0.4, -0.2) is 31.5 Å². The third-order valence-electron chi connectivity index (χ3n) is 2.57. The van der Waals surface area contributed by atoms with Crippen molar-refractivity contribution in [1.82, 2.24) is 5.32 Å². The normalized spacial score (nSPS) is 12.6. The van der Waals surface area contributed by atoms with E-state index in [0.717, 1.165) is 15.8 Å². The molecule has 0 saturated carbocycles. The molecular formula is C16H24BrNO4. The van der Waals surface area contributed by atoms with E-state index in [1.54, 1.807) is 7.11 Å². The Morgan fingerprint density at radius 1 is 1.32 bits per heavy atom. The molecule has 1 unspecified atom stereocenters. The van der Waals surface area contributed by atoms with Crippen molar-refractivity contribution in [2.24, 2.45) is 0 Å². The molecule has 0 aliphatic rings. The minimum absolute atomic E-state index is 0.135. The summed E-state index contributed by atoms with van der Waals surface area (Å²) in [5, 5.41) is 2.74. The number of carbonyl (C=O) groups is 1. The van der Waals surface area contributed by atoms with Gasteiger partial charge in [-0.2, -0.15) is 0 Å². The topological polar surface area (TPSA) is 56.8 Å². The van der Waals surface area contributed by atoms with Gasteiger partial charge in [-0.15, -0.1) is 0 Å². The van der Waals surface area contributed by atoms with Gasteiger partial charge in [0.05, 0.1) is 26.4 Å². The van der Waals surface area contributed by atoms with Crippen LogP contribution in [0, 0.1) is 0 Å². The highest BCUT2D eigenvalue weighted by atomic mass is 79.9. The molecular weight excluding hydrogens is 350 g/mol. The van der Waals surface area contributed by atoms with Crippen LogP contribution in [0.4, 0.5) is 4.79 Å². The first-order valence-corrected chi connectivity index (χ1v) is 7.89. The number of alkyl carbamates (subject to hydrolysis) is 1. The van der Waals surface area contributed by atoms with Crippen LogP contribution in [0.25, 0.3) is 0 Å². The Kier molecular flexibility index (Phi) is 7.16. The number of methoxy groups -OCH3 is 1. The molecule has 1 aromatic carbocycles. The number of amides is 1. The summed E-state index contributed by atoms with van der Waals surface area (Å²) in [6.07, 6.45) is -0.437. The van der Waals surface area contributed by atoms with Crippen molar-refractivity contribution in [2.45, 2.75) is 45.9 Å². The Hall–Kier alpha value is -1.27. The zero-order valence-corrected chi connectivity index (χ0v) is 15.3. The van der Waals surface area contributed by atoms with Crippen molar-refractivity contribution in [3.8, 4) is 5.75 Å². The maximum Gasteiger partial charge on any atom is 0.407 e. The SMILES string of the molecule is COc1cc(Br)cc(COCC(C)NC(=O)OC(C)(C)C)c1. The molecule has 124 valence electrons. The molecule has 0 bridgehead atoms. The fourth-order valence-corrected chi connectivity index (χ4v) is 2.25. The highest BCUT2D eigenvalue weighted by Crippen LogP contribution is 2.21. The van der Waals surface area contributed by atoms with Gasteiger partial charge in [0, 0.05) is 4.47 Å². The van der Waals surface area contributed by atoms with Gasteiger partial charge in [0.15, 0.2) is 0 Å². The Balaban J connectivity index is 2.37. The van der Waals surface area contributed by atoms with Crippen LogP contribution in [0.2, 0.25) is 0 Å². The summed E-state index contributed by atoms with van der Waals surface area (Å²) in [6, 6.07) is 5.63. The van der Waals surface area contributed by atoms with E-state index < -0.39 is 11.7 Å². The highest BCUT2D eigenvalue weighted by molar-refractivity contribution is 9.10. The van der Waals surface area contributed by atoms with E-state index in [9.17, 15) is 4.79 Å². The first-order chi connectivity index (χ1) is 10.2. The first kappa shape index (κ1) is 18.8. The summed E-state index contributed by atoms with van der Waals surface area (Å²) in [4.78, 5) is 11.6. The number of hydrogen-bond acceptors (Lipinski definition) is 4. The van der Waals surface area contributed by atoms with Gasteiger partial charge in [0.1, 0.15) is 11.4 Å². The molecule has 0 spiro atoms. The van der Waals surface area contributed by atoms with Gasteiger partial charge in [-0.1, -0.05) is 15.9 Å². The largest absolute Gasteiger partial charge is 0.497 e. The second kappa shape index (κ2) is 8.39. The van der Waals surface area contributed by atoms with Gasteiger partial charge < -0.3 is 19.5 Å². The van der Waals surface area contributed by atoms with E-state index in [4.69, 9.17) is 14.2 Å². The van der Waals surface area contributed by atoms with E-state index in [1.165, 1.54) is 0 Å². The summed E-state index contributed by atoms with van der Waals surface area (Å²) in [6.45, 7) is 8.19. The average molecular weight is 374 g/mol. The number of nitrogens with one attached hydrogen (secondary N) is 1. The molecule has 0 aliphatic carbocycles. The lowest BCUT2D eigenvalue weighted by atomic mass is 10.2. The second-order valence-electron chi connectivity index (χ2n) is 6.06. The van der Waals surface area contributed by atoms with Crippen molar-refractivity contribution in [1.29, 1.82) is 0 Å². The van der Waals surface area contributed by atoms with Crippen molar-refractivity contribution >= 4 is 22.0 Å². The lowest BCUT2D eigenvalue weighted by molar-refractivity contribution is 0.0442. The molecule has 0 radical (unpaired) electrons. The molecule has 1 N–H and O–H groups in total. The zero-order valence-electron chi connectivity index (χ0n) is 13.7. The first-order valence-electron chi connectivity index (χ1n) is 7.10. The van der Waals surface area contributed by atoms with Crippen LogP contribution < -0.4 is 10.1 Å². The van der Waals surface area contributed by atoms with E-state index >= 15 is 0 Å². The van der Waals surface area contributed by atoms with Crippen LogP contribution in [0.15, 0.2) is 22.7 Å². The predicted molar refractivity (Wildman–Crippen MR) is 89.2 cm³/mol. The van der Waals surface area contributed by atoms with Crippen LogP contribution in [-0.2, 0) is 16.1 Å². The highest BCUT2D eigenvalue weighted by Gasteiger charge is 2.17. The number of rotatable bonds is 6. The van der Waals surface area contributed by atoms with Gasteiger partial charge in [-0.25, -0.2) is 4.79 Å². The average Bonchev–Trinajstić information content (AvgIpc) is 2.35. The molecule has 5 nitrogen and oxygen atoms in total. The van der Waals surface area contributed by atoms with E-state index in [-0.39, 0.29) is 6.04 Å². The Labute approximate surface area is 140 Å². The minimum Gasteiger partial charge on any atom is -0.497 e. The quantitative estimate of drug-likeness (QED) is 0.821. The van der Waals surface area contributed by atoms with Crippen molar-refractivity contribution in [3.05, 3.63) is 28.2 Å². The molecule has 0 heterocycles. The molecule has 0 aromatic heterocycles. The Morgan fingerprint density at radius 3 is 2.59 bits per heavy atom. The fourth-order valence-electron chi connectivity index (χ4n) is 1.73. The lowest BCUT2D eigenvalue weighted by Gasteiger charge is -2.22. The molecule has 1 amide bonds. The van der Waals surface area contributed by atoms with Gasteiger partial charge in [-0.3, -0.25) is 0 Å². The third-order valence-corrected chi connectivity index (χ3v) is 3.02. The number of ether oxygens (including phenoxy) is 3. The van der Waals surface area contributed by atoms with Crippen LogP contribution in [0.5, 0.6) is 5.75 Å². The Bertz CT molecular complexity index is 499. The summed E-state index contributed by atoms with van der Waals surface area (Å²) < 4.78 is 16.9. The molecule has 6 heteroatoms. The Morgan fingerprint density at radius 2 is 2.00 bits per heavy atom. The number of benzene rings is 1. The molecule has 1 rings (SSSR count). The smallest absolute Gasteiger partial charge is 0.407 e. The van der Waals surface area contributed by atoms with Crippen LogP contribution in [0.3, 0.4) is 0 Å². The van der Waals surface area contributed by atoms with Crippen molar-refractivity contribution in [3.63, 3.8) is 0 Å². The fraction of sp³-hybridized carbons (Fsp3) is 0.562. The summed E-state index contributed by atoms with van der Waals surface area (Å²) >= 11 is 3.43. The maximum absolute atomic E-state index is 11.6. The standard InChI is InChI=1S/C16H24BrNO4/c1-11(18-15(19)22-16(2,3)4)9-21-10-12-6-13(17)8-14(7-12)20-5/h6-8,11H,9-10H2,1-5H3,(H,18,19). The van der Waals surface area contributed by atoms with Gasteiger partial charge in [0.2, 0.25) is 0 Å². The minimum atomic E-state index is -0.502. The molecule has 1 atom stereocenters. The van der Waals surface area contributed by atoms with E-state index in [1.807, 2.05) is 45.9 Å². The third kappa shape index (κ3) is 7.66. The van der Waals surface area contributed by atoms with Gasteiger partial charge in [-0.05, 0) is 51.5 Å². The van der Waals surface area contributed by atoms with Gasteiger partial charge in [0.25, 0.3) is 0 Å². The molecule has 0 aliphatic heterocycles. The summed E-state index contributed by atoms with van der Waals surface area (Å²) in [7, 11) is 1.62. The summed E-state index contributed by atoms with van der Waals surface area (Å²) in [5.74, 6) is 0.771. The second-order valence-corrected chi connectivity index (χ2v) is 6.98.